The van der Waals surface area contributed by atoms with Crippen LogP contribution in [0.2, 0.25) is 0 Å². The molecule has 0 spiro atoms. The Morgan fingerprint density at radius 3 is 2.87 bits per heavy atom. The molecule has 2 heterocycles. The van der Waals surface area contributed by atoms with Gasteiger partial charge in [0.05, 0.1) is 10.6 Å². The molecular formula is C12H15N2S+. The lowest BCUT2D eigenvalue weighted by atomic mass is 10.3. The van der Waals surface area contributed by atoms with Crippen LogP contribution < -0.4 is 5.32 Å². The van der Waals surface area contributed by atoms with E-state index in [0.29, 0.717) is 0 Å². The van der Waals surface area contributed by atoms with Gasteiger partial charge in [-0.3, -0.25) is 4.98 Å². The van der Waals surface area contributed by atoms with Crippen LogP contribution in [0.4, 0.5) is 0 Å². The van der Waals surface area contributed by atoms with Crippen molar-refractivity contribution < 1.29 is 5.32 Å². The predicted molar refractivity (Wildman–Crippen MR) is 62.6 cm³/mol. The molecule has 0 radical (unpaired) electrons. The molecule has 0 bridgehead atoms. The average molecular weight is 219 g/mol. The standard InChI is InChI=1S/C12H14N2S/c1-10-5-7-15-12(10)9-13-8-11-4-2-3-6-14-11/h2-7,13H,8-9H2,1H3/p+1. The zero-order valence-electron chi connectivity index (χ0n) is 8.81. The lowest BCUT2D eigenvalue weighted by Gasteiger charge is -2.00. The van der Waals surface area contributed by atoms with Gasteiger partial charge in [0.2, 0.25) is 0 Å². The van der Waals surface area contributed by atoms with E-state index in [-0.39, 0.29) is 0 Å². The number of thiophene rings is 1. The SMILES string of the molecule is Cc1ccsc1C[NH2+]Cc1ccccn1. The summed E-state index contributed by atoms with van der Waals surface area (Å²) in [5.41, 5.74) is 2.55. The molecule has 0 saturated carbocycles. The summed E-state index contributed by atoms with van der Waals surface area (Å²) in [5.74, 6) is 0. The molecule has 0 fully saturated rings. The molecule has 15 heavy (non-hydrogen) atoms. The summed E-state index contributed by atoms with van der Waals surface area (Å²) in [7, 11) is 0. The Morgan fingerprint density at radius 1 is 1.27 bits per heavy atom. The van der Waals surface area contributed by atoms with E-state index in [1.807, 2.05) is 29.7 Å². The molecule has 0 unspecified atom stereocenters. The predicted octanol–water partition coefficient (Wildman–Crippen LogP) is 1.72. The molecule has 0 aliphatic heterocycles. The van der Waals surface area contributed by atoms with Crippen molar-refractivity contribution in [2.75, 3.05) is 0 Å². The van der Waals surface area contributed by atoms with Crippen molar-refractivity contribution in [3.63, 3.8) is 0 Å². The summed E-state index contributed by atoms with van der Waals surface area (Å²) in [4.78, 5) is 5.76. The second-order valence-electron chi connectivity index (χ2n) is 3.54. The molecule has 2 aromatic heterocycles. The van der Waals surface area contributed by atoms with Crippen molar-refractivity contribution in [3.05, 3.63) is 52.0 Å². The fraction of sp³-hybridized carbons (Fsp3) is 0.250. The number of aryl methyl sites for hydroxylation is 1. The second-order valence-corrected chi connectivity index (χ2v) is 4.55. The first kappa shape index (κ1) is 10.3. The van der Waals surface area contributed by atoms with Gasteiger partial charge in [0.1, 0.15) is 13.1 Å². The number of nitrogens with two attached hydrogens (primary N) is 1. The van der Waals surface area contributed by atoms with Crippen LogP contribution in [0, 0.1) is 6.92 Å². The Morgan fingerprint density at radius 2 is 2.20 bits per heavy atom. The summed E-state index contributed by atoms with van der Waals surface area (Å²) < 4.78 is 0. The van der Waals surface area contributed by atoms with E-state index in [9.17, 15) is 0 Å². The third-order valence-electron chi connectivity index (χ3n) is 2.38. The smallest absolute Gasteiger partial charge is 0.119 e. The fourth-order valence-electron chi connectivity index (χ4n) is 1.48. The summed E-state index contributed by atoms with van der Waals surface area (Å²) in [6.07, 6.45) is 1.85. The van der Waals surface area contributed by atoms with Gasteiger partial charge in [-0.2, -0.15) is 0 Å². The molecule has 0 atom stereocenters. The van der Waals surface area contributed by atoms with Crippen molar-refractivity contribution >= 4 is 11.3 Å². The van der Waals surface area contributed by atoms with Crippen molar-refractivity contribution in [1.82, 2.24) is 4.98 Å². The van der Waals surface area contributed by atoms with E-state index >= 15 is 0 Å². The van der Waals surface area contributed by atoms with Gasteiger partial charge in [0.15, 0.2) is 0 Å². The molecule has 2 nitrogen and oxygen atoms in total. The van der Waals surface area contributed by atoms with Gasteiger partial charge in [0.25, 0.3) is 0 Å². The summed E-state index contributed by atoms with van der Waals surface area (Å²) in [5, 5.41) is 4.44. The van der Waals surface area contributed by atoms with Gasteiger partial charge >= 0.3 is 0 Å². The molecule has 2 rings (SSSR count). The van der Waals surface area contributed by atoms with Crippen LogP contribution in [0.5, 0.6) is 0 Å². The first-order chi connectivity index (χ1) is 7.36. The maximum atomic E-state index is 4.29. The monoisotopic (exact) mass is 219 g/mol. The highest BCUT2D eigenvalue weighted by atomic mass is 32.1. The van der Waals surface area contributed by atoms with E-state index in [2.05, 4.69) is 34.7 Å². The normalized spacial score (nSPS) is 10.5. The Balaban J connectivity index is 1.83. The number of quaternary nitrogens is 1. The molecule has 0 aromatic carbocycles. The number of pyridine rings is 1. The second kappa shape index (κ2) is 5.05. The van der Waals surface area contributed by atoms with Crippen LogP contribution in [0.25, 0.3) is 0 Å². The lowest BCUT2D eigenvalue weighted by molar-refractivity contribution is -0.686. The third-order valence-corrected chi connectivity index (χ3v) is 3.42. The van der Waals surface area contributed by atoms with E-state index < -0.39 is 0 Å². The molecule has 3 heteroatoms. The van der Waals surface area contributed by atoms with Crippen LogP contribution in [0.15, 0.2) is 35.8 Å². The van der Waals surface area contributed by atoms with Gasteiger partial charge in [-0.1, -0.05) is 6.07 Å². The van der Waals surface area contributed by atoms with Crippen molar-refractivity contribution in [3.8, 4) is 0 Å². The summed E-state index contributed by atoms with van der Waals surface area (Å²) in [6.45, 7) is 4.18. The minimum Gasteiger partial charge on any atom is -0.337 e. The van der Waals surface area contributed by atoms with Crippen LogP contribution in [-0.2, 0) is 13.1 Å². The molecular weight excluding hydrogens is 204 g/mol. The molecule has 0 aliphatic rings. The lowest BCUT2D eigenvalue weighted by Crippen LogP contribution is -2.80. The van der Waals surface area contributed by atoms with Gasteiger partial charge < -0.3 is 5.32 Å². The quantitative estimate of drug-likeness (QED) is 0.833. The molecule has 0 saturated heterocycles. The van der Waals surface area contributed by atoms with Crippen molar-refractivity contribution in [1.29, 1.82) is 0 Å². The number of rotatable bonds is 4. The van der Waals surface area contributed by atoms with Crippen LogP contribution >= 0.6 is 11.3 Å². The van der Waals surface area contributed by atoms with Gasteiger partial charge in [-0.15, -0.1) is 11.3 Å². The first-order valence-corrected chi connectivity index (χ1v) is 5.99. The fourth-order valence-corrected chi connectivity index (χ4v) is 2.39. The Hall–Kier alpha value is -1.19. The Labute approximate surface area is 94.0 Å². The van der Waals surface area contributed by atoms with Gasteiger partial charge in [0, 0.05) is 6.20 Å². The molecule has 2 N–H and O–H groups in total. The topological polar surface area (TPSA) is 29.5 Å². The summed E-state index contributed by atoms with van der Waals surface area (Å²) >= 11 is 1.83. The van der Waals surface area contributed by atoms with Crippen molar-refractivity contribution in [2.24, 2.45) is 0 Å². The number of nitrogens with zero attached hydrogens (tertiary/aromatic N) is 1. The average Bonchev–Trinajstić information content (AvgIpc) is 2.66. The number of hydrogen-bond acceptors (Lipinski definition) is 2. The highest BCUT2D eigenvalue weighted by Gasteiger charge is 2.01. The molecule has 78 valence electrons. The van der Waals surface area contributed by atoms with Crippen LogP contribution in [0.3, 0.4) is 0 Å². The number of aromatic nitrogens is 1. The third kappa shape index (κ3) is 2.88. The van der Waals surface area contributed by atoms with Crippen molar-refractivity contribution in [2.45, 2.75) is 20.0 Å². The zero-order chi connectivity index (χ0) is 10.5. The summed E-state index contributed by atoms with van der Waals surface area (Å²) in [6, 6.07) is 8.23. The molecule has 2 aromatic rings. The zero-order valence-corrected chi connectivity index (χ0v) is 9.63. The van der Waals surface area contributed by atoms with E-state index in [1.165, 1.54) is 10.4 Å². The first-order valence-electron chi connectivity index (χ1n) is 5.11. The maximum absolute atomic E-state index is 4.29. The van der Waals surface area contributed by atoms with E-state index in [4.69, 9.17) is 0 Å². The Bertz CT molecular complexity index is 409. The largest absolute Gasteiger partial charge is 0.337 e. The number of hydrogen-bond donors (Lipinski definition) is 1. The maximum Gasteiger partial charge on any atom is 0.119 e. The highest BCUT2D eigenvalue weighted by molar-refractivity contribution is 7.10. The molecule has 0 amide bonds. The molecule has 0 aliphatic carbocycles. The van der Waals surface area contributed by atoms with E-state index in [0.717, 1.165) is 18.8 Å². The van der Waals surface area contributed by atoms with E-state index in [1.54, 1.807) is 0 Å². The Kier molecular flexibility index (Phi) is 3.48. The minimum absolute atomic E-state index is 0.957. The van der Waals surface area contributed by atoms with Gasteiger partial charge in [-0.05, 0) is 36.1 Å². The minimum atomic E-state index is 0.957. The van der Waals surface area contributed by atoms with Crippen LogP contribution in [-0.4, -0.2) is 4.98 Å². The van der Waals surface area contributed by atoms with Crippen LogP contribution in [0.1, 0.15) is 16.1 Å². The van der Waals surface area contributed by atoms with Gasteiger partial charge in [-0.25, -0.2) is 0 Å². The highest BCUT2D eigenvalue weighted by Crippen LogP contribution is 2.13.